The molecule has 0 bridgehead atoms. The van der Waals surface area contributed by atoms with Gasteiger partial charge in [-0.15, -0.1) is 0 Å². The fraction of sp³-hybridized carbons (Fsp3) is 0.571. The number of aryl methyl sites for hydroxylation is 1. The average Bonchev–Trinajstić information content (AvgIpc) is 3.29. The lowest BCUT2D eigenvalue weighted by molar-refractivity contribution is -0.135. The number of likely N-dealkylation sites (tertiary alicyclic amines) is 1. The molecule has 0 radical (unpaired) electrons. The summed E-state index contributed by atoms with van der Waals surface area (Å²) < 4.78 is 57.4. The van der Waals surface area contributed by atoms with Gasteiger partial charge in [-0.1, -0.05) is 6.07 Å². The van der Waals surface area contributed by atoms with Crippen LogP contribution in [0.1, 0.15) is 49.5 Å². The molecule has 6 nitrogen and oxygen atoms in total. The quantitative estimate of drug-likeness (QED) is 0.690. The first-order valence-corrected chi connectivity index (χ1v) is 10.5. The van der Waals surface area contributed by atoms with Crippen molar-refractivity contribution in [3.63, 3.8) is 0 Å². The van der Waals surface area contributed by atoms with Crippen LogP contribution < -0.4 is 5.69 Å². The van der Waals surface area contributed by atoms with Gasteiger partial charge in [-0.2, -0.15) is 5.10 Å². The summed E-state index contributed by atoms with van der Waals surface area (Å²) in [4.78, 5) is 27.2. The minimum atomic E-state index is -2.90. The second-order valence-electron chi connectivity index (χ2n) is 8.90. The maximum absolute atomic E-state index is 14.4. The SMILES string of the molecule is O=C(C1CCCc2nn(CC3(c4ccc(F)cc4F)CC3)c(=O)n21)N1CCC(F)(F)C1. The molecule has 3 aliphatic rings. The van der Waals surface area contributed by atoms with Crippen LogP contribution >= 0.6 is 0 Å². The van der Waals surface area contributed by atoms with Gasteiger partial charge in [-0.05, 0) is 37.3 Å². The molecule has 2 aromatic rings. The Morgan fingerprint density at radius 3 is 2.61 bits per heavy atom. The van der Waals surface area contributed by atoms with Crippen LogP contribution in [0.25, 0.3) is 0 Å². The summed E-state index contributed by atoms with van der Waals surface area (Å²) >= 11 is 0. The van der Waals surface area contributed by atoms with Crippen molar-refractivity contribution in [3.05, 3.63) is 51.7 Å². The lowest BCUT2D eigenvalue weighted by Crippen LogP contribution is -2.42. The Kier molecular flexibility index (Phi) is 4.53. The van der Waals surface area contributed by atoms with Crippen molar-refractivity contribution in [3.8, 4) is 0 Å². The first-order chi connectivity index (χ1) is 14.7. The van der Waals surface area contributed by atoms with E-state index >= 15 is 0 Å². The number of benzene rings is 1. The second-order valence-corrected chi connectivity index (χ2v) is 8.90. The van der Waals surface area contributed by atoms with Crippen LogP contribution in [0, 0.1) is 11.6 Å². The van der Waals surface area contributed by atoms with E-state index in [-0.39, 0.29) is 19.5 Å². The highest BCUT2D eigenvalue weighted by molar-refractivity contribution is 5.81. The van der Waals surface area contributed by atoms with E-state index in [1.54, 1.807) is 0 Å². The van der Waals surface area contributed by atoms with Crippen LogP contribution in [-0.4, -0.2) is 44.2 Å². The highest BCUT2D eigenvalue weighted by Crippen LogP contribution is 2.50. The van der Waals surface area contributed by atoms with Gasteiger partial charge in [0, 0.05) is 30.9 Å². The summed E-state index contributed by atoms with van der Waals surface area (Å²) in [7, 11) is 0. The molecule has 1 aromatic carbocycles. The van der Waals surface area contributed by atoms with E-state index in [9.17, 15) is 27.2 Å². The van der Waals surface area contributed by atoms with Gasteiger partial charge in [0.05, 0.1) is 13.1 Å². The fourth-order valence-corrected chi connectivity index (χ4v) is 4.87. The molecule has 1 saturated carbocycles. The molecule has 1 aromatic heterocycles. The number of carbonyl (C=O) groups is 1. The van der Waals surface area contributed by atoms with Gasteiger partial charge in [0.2, 0.25) is 5.91 Å². The third kappa shape index (κ3) is 3.45. The molecule has 1 unspecified atom stereocenters. The summed E-state index contributed by atoms with van der Waals surface area (Å²) in [5.74, 6) is -4.26. The van der Waals surface area contributed by atoms with E-state index in [0.717, 1.165) is 11.0 Å². The Balaban J connectivity index is 1.43. The zero-order valence-electron chi connectivity index (χ0n) is 16.8. The van der Waals surface area contributed by atoms with E-state index in [4.69, 9.17) is 0 Å². The molecule has 1 amide bonds. The van der Waals surface area contributed by atoms with Crippen molar-refractivity contribution in [1.29, 1.82) is 0 Å². The minimum Gasteiger partial charge on any atom is -0.335 e. The summed E-state index contributed by atoms with van der Waals surface area (Å²) in [5, 5.41) is 4.39. The summed E-state index contributed by atoms with van der Waals surface area (Å²) in [6, 6.07) is 2.58. The fourth-order valence-electron chi connectivity index (χ4n) is 4.87. The number of aromatic nitrogens is 3. The molecule has 3 heterocycles. The van der Waals surface area contributed by atoms with Crippen molar-refractivity contribution in [2.24, 2.45) is 0 Å². The van der Waals surface area contributed by atoms with Crippen LogP contribution in [-0.2, 0) is 23.2 Å². The van der Waals surface area contributed by atoms with Crippen molar-refractivity contribution in [2.45, 2.75) is 62.4 Å². The van der Waals surface area contributed by atoms with Gasteiger partial charge in [0.25, 0.3) is 5.92 Å². The molecular formula is C21H22F4N4O2. The van der Waals surface area contributed by atoms with Crippen LogP contribution in [0.5, 0.6) is 0 Å². The van der Waals surface area contributed by atoms with Crippen molar-refractivity contribution in [2.75, 3.05) is 13.1 Å². The van der Waals surface area contributed by atoms with Crippen LogP contribution in [0.2, 0.25) is 0 Å². The number of fused-ring (bicyclic) bond motifs is 1. The molecule has 5 rings (SSSR count). The van der Waals surface area contributed by atoms with Gasteiger partial charge >= 0.3 is 5.69 Å². The summed E-state index contributed by atoms with van der Waals surface area (Å²) in [6.07, 6.45) is 2.40. The summed E-state index contributed by atoms with van der Waals surface area (Å²) in [6.45, 7) is -0.544. The number of amides is 1. The lowest BCUT2D eigenvalue weighted by Gasteiger charge is -2.27. The molecule has 1 atom stereocenters. The third-order valence-electron chi connectivity index (χ3n) is 6.71. The van der Waals surface area contributed by atoms with Crippen LogP contribution in [0.4, 0.5) is 17.6 Å². The molecule has 31 heavy (non-hydrogen) atoms. The number of hydrogen-bond acceptors (Lipinski definition) is 3. The van der Waals surface area contributed by atoms with Crippen molar-refractivity contribution in [1.82, 2.24) is 19.2 Å². The van der Waals surface area contributed by atoms with Crippen LogP contribution in [0.3, 0.4) is 0 Å². The topological polar surface area (TPSA) is 60.1 Å². The molecule has 1 aliphatic carbocycles. The molecule has 1 saturated heterocycles. The lowest BCUT2D eigenvalue weighted by atomic mass is 9.95. The van der Waals surface area contributed by atoms with E-state index in [0.29, 0.717) is 43.5 Å². The van der Waals surface area contributed by atoms with Crippen LogP contribution in [0.15, 0.2) is 23.0 Å². The number of nitrogens with zero attached hydrogens (tertiary/aromatic N) is 4. The molecular weight excluding hydrogens is 416 g/mol. The van der Waals surface area contributed by atoms with E-state index in [1.165, 1.54) is 21.4 Å². The predicted molar refractivity (Wildman–Crippen MR) is 102 cm³/mol. The first-order valence-electron chi connectivity index (χ1n) is 10.5. The zero-order valence-corrected chi connectivity index (χ0v) is 16.8. The van der Waals surface area contributed by atoms with Gasteiger partial charge in [-0.3, -0.25) is 9.36 Å². The molecule has 0 spiro atoms. The Hall–Kier alpha value is -2.65. The van der Waals surface area contributed by atoms with Gasteiger partial charge in [0.1, 0.15) is 23.5 Å². The molecule has 2 fully saturated rings. The monoisotopic (exact) mass is 438 g/mol. The number of rotatable bonds is 4. The first kappa shape index (κ1) is 20.3. The normalized spacial score (nSPS) is 23.6. The number of hydrogen-bond donors (Lipinski definition) is 0. The smallest absolute Gasteiger partial charge is 0.335 e. The summed E-state index contributed by atoms with van der Waals surface area (Å²) in [5.41, 5.74) is -0.783. The molecule has 166 valence electrons. The standard InChI is InChI=1S/C21H22F4N4O2/c22-13-4-5-14(15(23)10-13)20(6-7-20)11-28-19(31)29-16(2-1-3-17(29)26-28)18(30)27-9-8-21(24,25)12-27/h4-5,10,16H,1-3,6-9,11-12H2. The van der Waals surface area contributed by atoms with Gasteiger partial charge in [0.15, 0.2) is 0 Å². The average molecular weight is 438 g/mol. The Bertz CT molecular complexity index is 1110. The van der Waals surface area contributed by atoms with E-state index < -0.39 is 47.2 Å². The highest BCUT2D eigenvalue weighted by atomic mass is 19.3. The van der Waals surface area contributed by atoms with Gasteiger partial charge < -0.3 is 4.90 Å². The van der Waals surface area contributed by atoms with E-state index in [2.05, 4.69) is 5.10 Å². The van der Waals surface area contributed by atoms with Gasteiger partial charge in [-0.25, -0.2) is 27.0 Å². The zero-order chi connectivity index (χ0) is 22.0. The molecule has 2 aliphatic heterocycles. The second kappa shape index (κ2) is 6.93. The number of carbonyl (C=O) groups excluding carboxylic acids is 1. The van der Waals surface area contributed by atoms with Crippen molar-refractivity contribution >= 4 is 5.91 Å². The van der Waals surface area contributed by atoms with E-state index in [1.807, 2.05) is 0 Å². The Morgan fingerprint density at radius 1 is 1.19 bits per heavy atom. The largest absolute Gasteiger partial charge is 0.346 e. The molecule has 0 N–H and O–H groups in total. The maximum Gasteiger partial charge on any atom is 0.346 e. The molecule has 10 heteroatoms. The minimum absolute atomic E-state index is 0.0342. The predicted octanol–water partition coefficient (Wildman–Crippen LogP) is 2.80. The van der Waals surface area contributed by atoms with Crippen molar-refractivity contribution < 1.29 is 22.4 Å². The Labute approximate surface area is 175 Å². The Morgan fingerprint density at radius 2 is 1.97 bits per heavy atom. The number of halogens is 4. The highest BCUT2D eigenvalue weighted by Gasteiger charge is 2.48. The maximum atomic E-state index is 14.4. The number of alkyl halides is 2. The third-order valence-corrected chi connectivity index (χ3v) is 6.71.